The summed E-state index contributed by atoms with van der Waals surface area (Å²) in [6.45, 7) is 1.71. The van der Waals surface area contributed by atoms with Gasteiger partial charge in [0.2, 0.25) is 5.91 Å². The van der Waals surface area contributed by atoms with Crippen molar-refractivity contribution in [3.8, 4) is 0 Å². The molecule has 1 aromatic heterocycles. The van der Waals surface area contributed by atoms with Crippen molar-refractivity contribution in [2.75, 3.05) is 23.3 Å². The van der Waals surface area contributed by atoms with E-state index in [4.69, 9.17) is 23.2 Å². The van der Waals surface area contributed by atoms with Gasteiger partial charge in [-0.15, -0.1) is 0 Å². The molecule has 150 valence electrons. The summed E-state index contributed by atoms with van der Waals surface area (Å²) in [5.74, 6) is -0.537. The van der Waals surface area contributed by atoms with Gasteiger partial charge in [0.05, 0.1) is 35.1 Å². The van der Waals surface area contributed by atoms with Gasteiger partial charge in [-0.2, -0.15) is 5.10 Å². The van der Waals surface area contributed by atoms with Crippen LogP contribution in [0.4, 0.5) is 15.8 Å². The first-order valence-corrected chi connectivity index (χ1v) is 10.0. The first-order chi connectivity index (χ1) is 14.0. The molecule has 2 aromatic carbocycles. The minimum absolute atomic E-state index is 0.0529. The van der Waals surface area contributed by atoms with Crippen molar-refractivity contribution in [3.63, 3.8) is 0 Å². The lowest BCUT2D eigenvalue weighted by atomic mass is 10.1. The Hall–Kier alpha value is -2.57. The Bertz CT molecular complexity index is 1040. The molecule has 8 heteroatoms. The van der Waals surface area contributed by atoms with E-state index in [1.165, 1.54) is 18.2 Å². The Kier molecular flexibility index (Phi) is 5.74. The fourth-order valence-corrected chi connectivity index (χ4v) is 3.93. The van der Waals surface area contributed by atoms with Crippen LogP contribution in [0.25, 0.3) is 0 Å². The molecule has 1 fully saturated rings. The lowest BCUT2D eigenvalue weighted by molar-refractivity contribution is -0.119. The standard InChI is InChI=1S/C21H19Cl2FN4O/c22-18-6-5-16(24)9-15(18)12-28-13-17(10-25-28)26-21(29)14-7-8-27(11-14)20-4-2-1-3-19(20)23/h1-6,9-10,13-14H,7-8,11-12H2,(H,26,29). The fourth-order valence-electron chi connectivity index (χ4n) is 3.50. The van der Waals surface area contributed by atoms with Crippen LogP contribution < -0.4 is 10.2 Å². The Morgan fingerprint density at radius 2 is 2.03 bits per heavy atom. The molecule has 0 aliphatic carbocycles. The van der Waals surface area contributed by atoms with Crippen molar-refractivity contribution in [2.45, 2.75) is 13.0 Å². The third kappa shape index (κ3) is 4.54. The molecule has 1 unspecified atom stereocenters. The second-order valence-electron chi connectivity index (χ2n) is 7.03. The van der Waals surface area contributed by atoms with E-state index in [1.54, 1.807) is 17.1 Å². The molecule has 1 N–H and O–H groups in total. The Morgan fingerprint density at radius 3 is 2.86 bits per heavy atom. The Labute approximate surface area is 178 Å². The molecule has 1 amide bonds. The number of amides is 1. The number of benzene rings is 2. The molecule has 2 heterocycles. The number of hydrogen-bond donors (Lipinski definition) is 1. The number of aromatic nitrogens is 2. The largest absolute Gasteiger partial charge is 0.370 e. The smallest absolute Gasteiger partial charge is 0.229 e. The van der Waals surface area contributed by atoms with E-state index in [0.717, 1.165) is 18.7 Å². The number of anilines is 2. The molecule has 1 saturated heterocycles. The number of halogens is 3. The van der Waals surface area contributed by atoms with E-state index in [2.05, 4.69) is 15.3 Å². The molecule has 4 rings (SSSR count). The summed E-state index contributed by atoms with van der Waals surface area (Å²) >= 11 is 12.4. The quantitative estimate of drug-likeness (QED) is 0.627. The minimum atomic E-state index is -0.352. The van der Waals surface area contributed by atoms with Crippen LogP contribution in [0.2, 0.25) is 10.0 Å². The van der Waals surface area contributed by atoms with Gasteiger partial charge in [-0.1, -0.05) is 35.3 Å². The van der Waals surface area contributed by atoms with Gasteiger partial charge in [-0.05, 0) is 42.3 Å². The zero-order valence-corrected chi connectivity index (χ0v) is 17.0. The molecular formula is C21H19Cl2FN4O. The molecule has 1 aliphatic heterocycles. The van der Waals surface area contributed by atoms with Gasteiger partial charge in [0.15, 0.2) is 0 Å². The zero-order chi connectivity index (χ0) is 20.4. The highest BCUT2D eigenvalue weighted by molar-refractivity contribution is 6.33. The maximum absolute atomic E-state index is 13.4. The van der Waals surface area contributed by atoms with E-state index < -0.39 is 0 Å². The normalized spacial score (nSPS) is 16.2. The topological polar surface area (TPSA) is 50.2 Å². The average molecular weight is 433 g/mol. The van der Waals surface area contributed by atoms with E-state index in [-0.39, 0.29) is 17.6 Å². The van der Waals surface area contributed by atoms with Gasteiger partial charge in [0.25, 0.3) is 0 Å². The zero-order valence-electron chi connectivity index (χ0n) is 15.5. The molecule has 0 bridgehead atoms. The van der Waals surface area contributed by atoms with Gasteiger partial charge in [0, 0.05) is 24.3 Å². The third-order valence-corrected chi connectivity index (χ3v) is 5.68. The summed E-state index contributed by atoms with van der Waals surface area (Å²) in [6, 6.07) is 11.9. The van der Waals surface area contributed by atoms with Gasteiger partial charge in [-0.3, -0.25) is 9.48 Å². The molecule has 0 spiro atoms. The third-order valence-electron chi connectivity index (χ3n) is 4.99. The summed E-state index contributed by atoms with van der Waals surface area (Å²) in [4.78, 5) is 14.8. The first-order valence-electron chi connectivity index (χ1n) is 9.26. The molecule has 5 nitrogen and oxygen atoms in total. The Morgan fingerprint density at radius 1 is 1.21 bits per heavy atom. The van der Waals surface area contributed by atoms with Crippen LogP contribution in [-0.4, -0.2) is 28.8 Å². The van der Waals surface area contributed by atoms with E-state index in [0.29, 0.717) is 34.4 Å². The molecule has 3 aromatic rings. The molecule has 0 saturated carbocycles. The van der Waals surface area contributed by atoms with Crippen molar-refractivity contribution >= 4 is 40.5 Å². The van der Waals surface area contributed by atoms with Crippen LogP contribution in [0.1, 0.15) is 12.0 Å². The number of rotatable bonds is 5. The SMILES string of the molecule is O=C(Nc1cnn(Cc2cc(F)ccc2Cl)c1)C1CCN(c2ccccc2Cl)C1. The second kappa shape index (κ2) is 8.43. The Balaban J connectivity index is 1.37. The summed E-state index contributed by atoms with van der Waals surface area (Å²) in [7, 11) is 0. The number of carbonyl (C=O) groups is 1. The van der Waals surface area contributed by atoms with Gasteiger partial charge < -0.3 is 10.2 Å². The first kappa shape index (κ1) is 19.7. The van der Waals surface area contributed by atoms with Crippen molar-refractivity contribution < 1.29 is 9.18 Å². The van der Waals surface area contributed by atoms with Crippen molar-refractivity contribution in [2.24, 2.45) is 5.92 Å². The lowest BCUT2D eigenvalue weighted by Crippen LogP contribution is -2.27. The van der Waals surface area contributed by atoms with E-state index in [9.17, 15) is 9.18 Å². The van der Waals surface area contributed by atoms with Crippen molar-refractivity contribution in [1.82, 2.24) is 9.78 Å². The molecular weight excluding hydrogens is 414 g/mol. The number of nitrogens with one attached hydrogen (secondary N) is 1. The van der Waals surface area contributed by atoms with Crippen molar-refractivity contribution in [1.29, 1.82) is 0 Å². The number of hydrogen-bond acceptors (Lipinski definition) is 3. The monoisotopic (exact) mass is 432 g/mol. The maximum atomic E-state index is 13.4. The number of nitrogens with zero attached hydrogens (tertiary/aromatic N) is 3. The highest BCUT2D eigenvalue weighted by Crippen LogP contribution is 2.30. The van der Waals surface area contributed by atoms with Gasteiger partial charge in [-0.25, -0.2) is 4.39 Å². The molecule has 1 atom stereocenters. The average Bonchev–Trinajstić information content (AvgIpc) is 3.35. The van der Waals surface area contributed by atoms with Gasteiger partial charge in [0.1, 0.15) is 5.82 Å². The van der Waals surface area contributed by atoms with E-state index >= 15 is 0 Å². The highest BCUT2D eigenvalue weighted by Gasteiger charge is 2.29. The van der Waals surface area contributed by atoms with Crippen LogP contribution in [0, 0.1) is 11.7 Å². The van der Waals surface area contributed by atoms with E-state index in [1.807, 2.05) is 24.3 Å². The van der Waals surface area contributed by atoms with Crippen LogP contribution >= 0.6 is 23.2 Å². The summed E-state index contributed by atoms with van der Waals surface area (Å²) < 4.78 is 15.0. The summed E-state index contributed by atoms with van der Waals surface area (Å²) in [5, 5.41) is 8.30. The second-order valence-corrected chi connectivity index (χ2v) is 7.85. The van der Waals surface area contributed by atoms with Crippen LogP contribution in [0.5, 0.6) is 0 Å². The number of carbonyl (C=O) groups excluding carboxylic acids is 1. The number of para-hydroxylation sites is 1. The maximum Gasteiger partial charge on any atom is 0.229 e. The van der Waals surface area contributed by atoms with Crippen molar-refractivity contribution in [3.05, 3.63) is 76.3 Å². The lowest BCUT2D eigenvalue weighted by Gasteiger charge is -2.19. The van der Waals surface area contributed by atoms with Crippen LogP contribution in [0.15, 0.2) is 54.9 Å². The summed E-state index contributed by atoms with van der Waals surface area (Å²) in [5.41, 5.74) is 2.17. The van der Waals surface area contributed by atoms with Gasteiger partial charge >= 0.3 is 0 Å². The summed E-state index contributed by atoms with van der Waals surface area (Å²) in [6.07, 6.45) is 4.04. The highest BCUT2D eigenvalue weighted by atomic mass is 35.5. The molecule has 0 radical (unpaired) electrons. The van der Waals surface area contributed by atoms with Crippen LogP contribution in [-0.2, 0) is 11.3 Å². The fraction of sp³-hybridized carbons (Fsp3) is 0.238. The minimum Gasteiger partial charge on any atom is -0.370 e. The molecule has 29 heavy (non-hydrogen) atoms. The van der Waals surface area contributed by atoms with Crippen LogP contribution in [0.3, 0.4) is 0 Å². The predicted octanol–water partition coefficient (Wildman–Crippen LogP) is 4.84. The predicted molar refractivity (Wildman–Crippen MR) is 113 cm³/mol. The molecule has 1 aliphatic rings.